The van der Waals surface area contributed by atoms with E-state index >= 15 is 0 Å². The molecule has 3 heterocycles. The maximum Gasteiger partial charge on any atom is 0.225 e. The normalized spacial score (nSPS) is 26.1. The Balaban J connectivity index is 0.000000722. The molecular weight excluding hydrogens is 282 g/mol. The second-order valence-corrected chi connectivity index (χ2v) is 4.68. The molecule has 0 aliphatic carbocycles. The van der Waals surface area contributed by atoms with Gasteiger partial charge in [-0.3, -0.25) is 0 Å². The highest BCUT2D eigenvalue weighted by Crippen LogP contribution is 2.22. The number of anilines is 1. The molecule has 7 heteroatoms. The molecule has 2 bridgehead atoms. The smallest absolute Gasteiger partial charge is 0.225 e. The molecule has 0 spiro atoms. The van der Waals surface area contributed by atoms with Crippen molar-refractivity contribution in [1.29, 1.82) is 0 Å². The van der Waals surface area contributed by atoms with E-state index in [0.717, 1.165) is 19.0 Å². The minimum atomic E-state index is 0. The molecule has 3 rings (SSSR count). The molecule has 17 heavy (non-hydrogen) atoms. The zero-order valence-electron chi connectivity index (χ0n) is 9.17. The van der Waals surface area contributed by atoms with Gasteiger partial charge in [0, 0.05) is 25.2 Å². The van der Waals surface area contributed by atoms with Crippen LogP contribution in [0, 0.1) is 0 Å². The number of hydrogen-bond acceptors (Lipinski definition) is 4. The van der Waals surface area contributed by atoms with Crippen LogP contribution in [-0.4, -0.2) is 35.1 Å². The van der Waals surface area contributed by atoms with E-state index in [1.54, 1.807) is 12.4 Å². The Morgan fingerprint density at radius 3 is 2.18 bits per heavy atom. The van der Waals surface area contributed by atoms with Crippen LogP contribution in [0.5, 0.6) is 0 Å². The molecular formula is C10H15Cl3N4. The average Bonchev–Trinajstić information content (AvgIpc) is 2.59. The van der Waals surface area contributed by atoms with Crippen molar-refractivity contribution in [3.63, 3.8) is 0 Å². The Kier molecular flexibility index (Phi) is 5.25. The Morgan fingerprint density at radius 1 is 1.12 bits per heavy atom. The monoisotopic (exact) mass is 296 g/mol. The zero-order chi connectivity index (χ0) is 10.3. The van der Waals surface area contributed by atoms with Crippen LogP contribution in [0.4, 0.5) is 5.95 Å². The molecule has 2 saturated heterocycles. The predicted octanol–water partition coefficient (Wildman–Crippen LogP) is 1.91. The topological polar surface area (TPSA) is 41.1 Å². The molecule has 2 unspecified atom stereocenters. The summed E-state index contributed by atoms with van der Waals surface area (Å²) in [5.74, 6) is 0.804. The van der Waals surface area contributed by atoms with E-state index in [1.807, 2.05) is 0 Å². The molecule has 0 aromatic carbocycles. The lowest BCUT2D eigenvalue weighted by Crippen LogP contribution is -2.51. The number of nitrogens with zero attached hydrogens (tertiary/aromatic N) is 3. The summed E-state index contributed by atoms with van der Waals surface area (Å²) < 4.78 is 0. The molecule has 1 N–H and O–H groups in total. The van der Waals surface area contributed by atoms with E-state index in [0.29, 0.717) is 17.1 Å². The van der Waals surface area contributed by atoms with Gasteiger partial charge in [-0.15, -0.1) is 24.8 Å². The Labute approximate surface area is 118 Å². The van der Waals surface area contributed by atoms with Gasteiger partial charge in [0.15, 0.2) is 0 Å². The van der Waals surface area contributed by atoms with E-state index in [9.17, 15) is 0 Å². The van der Waals surface area contributed by atoms with Crippen LogP contribution >= 0.6 is 36.4 Å². The lowest BCUT2D eigenvalue weighted by molar-refractivity contribution is 0.460. The number of nitrogens with one attached hydrogen (secondary N) is 1. The van der Waals surface area contributed by atoms with Gasteiger partial charge in [0.1, 0.15) is 0 Å². The van der Waals surface area contributed by atoms with Gasteiger partial charge < -0.3 is 10.2 Å². The quantitative estimate of drug-likeness (QED) is 0.860. The summed E-state index contributed by atoms with van der Waals surface area (Å²) in [6.45, 7) is 2.02. The second kappa shape index (κ2) is 6.05. The standard InChI is InChI=1S/C10H13ClN4.2ClH/c11-7-3-12-10(13-4-7)15-5-8-1-2-9(6-15)14-8;;/h3-4,8-9,14H,1-2,5-6H2;2*1H. The highest BCUT2D eigenvalue weighted by atomic mass is 35.5. The fourth-order valence-electron chi connectivity index (χ4n) is 2.43. The highest BCUT2D eigenvalue weighted by molar-refractivity contribution is 6.30. The van der Waals surface area contributed by atoms with Crippen LogP contribution in [0.15, 0.2) is 12.4 Å². The van der Waals surface area contributed by atoms with Crippen LogP contribution in [0.3, 0.4) is 0 Å². The van der Waals surface area contributed by atoms with Crippen molar-refractivity contribution < 1.29 is 0 Å². The van der Waals surface area contributed by atoms with Crippen LogP contribution in [0.1, 0.15) is 12.8 Å². The van der Waals surface area contributed by atoms with Crippen LogP contribution in [0.25, 0.3) is 0 Å². The average molecular weight is 298 g/mol. The van der Waals surface area contributed by atoms with Crippen LogP contribution in [-0.2, 0) is 0 Å². The van der Waals surface area contributed by atoms with Gasteiger partial charge >= 0.3 is 0 Å². The van der Waals surface area contributed by atoms with Gasteiger partial charge in [0.05, 0.1) is 17.4 Å². The third kappa shape index (κ3) is 3.13. The van der Waals surface area contributed by atoms with Gasteiger partial charge in [-0.05, 0) is 12.8 Å². The van der Waals surface area contributed by atoms with Gasteiger partial charge in [0.2, 0.25) is 5.95 Å². The molecule has 2 aliphatic heterocycles. The van der Waals surface area contributed by atoms with E-state index in [1.165, 1.54) is 12.8 Å². The predicted molar refractivity (Wildman–Crippen MR) is 73.7 cm³/mol. The summed E-state index contributed by atoms with van der Waals surface area (Å²) in [6.07, 6.45) is 5.87. The Bertz CT molecular complexity index is 347. The van der Waals surface area contributed by atoms with Gasteiger partial charge in [-0.25, -0.2) is 9.97 Å². The molecule has 0 amide bonds. The number of aromatic nitrogens is 2. The molecule has 1 aromatic rings. The first-order valence-corrected chi connectivity index (χ1v) is 5.67. The first kappa shape index (κ1) is 14.8. The van der Waals surface area contributed by atoms with Crippen molar-refractivity contribution in [2.45, 2.75) is 24.9 Å². The molecule has 2 aliphatic rings. The summed E-state index contributed by atoms with van der Waals surface area (Å²) in [4.78, 5) is 10.8. The van der Waals surface area contributed by atoms with E-state index < -0.39 is 0 Å². The summed E-state index contributed by atoms with van der Waals surface area (Å²) >= 11 is 5.76. The van der Waals surface area contributed by atoms with Crippen LogP contribution < -0.4 is 10.2 Å². The van der Waals surface area contributed by atoms with Crippen molar-refractivity contribution in [2.75, 3.05) is 18.0 Å². The first-order valence-electron chi connectivity index (χ1n) is 5.30. The number of hydrogen-bond donors (Lipinski definition) is 1. The summed E-state index contributed by atoms with van der Waals surface area (Å²) in [6, 6.07) is 1.23. The van der Waals surface area contributed by atoms with Crippen molar-refractivity contribution in [2.24, 2.45) is 0 Å². The minimum Gasteiger partial charge on any atom is -0.338 e. The zero-order valence-corrected chi connectivity index (χ0v) is 11.6. The van der Waals surface area contributed by atoms with Crippen molar-refractivity contribution in [3.05, 3.63) is 17.4 Å². The largest absolute Gasteiger partial charge is 0.338 e. The number of fused-ring (bicyclic) bond motifs is 2. The minimum absolute atomic E-state index is 0. The first-order chi connectivity index (χ1) is 7.31. The van der Waals surface area contributed by atoms with E-state index in [4.69, 9.17) is 11.6 Å². The fourth-order valence-corrected chi connectivity index (χ4v) is 2.53. The molecule has 96 valence electrons. The third-order valence-electron chi connectivity index (χ3n) is 3.11. The second-order valence-electron chi connectivity index (χ2n) is 4.24. The summed E-state index contributed by atoms with van der Waals surface area (Å²) in [5.41, 5.74) is 0. The van der Waals surface area contributed by atoms with Crippen LogP contribution in [0.2, 0.25) is 5.02 Å². The van der Waals surface area contributed by atoms with Gasteiger partial charge in [-0.1, -0.05) is 11.6 Å². The lowest BCUT2D eigenvalue weighted by Gasteiger charge is -2.32. The van der Waals surface area contributed by atoms with Gasteiger partial charge in [-0.2, -0.15) is 0 Å². The Hall–Kier alpha value is -0.290. The van der Waals surface area contributed by atoms with Crippen molar-refractivity contribution >= 4 is 42.4 Å². The molecule has 2 fully saturated rings. The number of piperazine rings is 1. The number of halogens is 3. The number of rotatable bonds is 1. The SMILES string of the molecule is Cl.Cl.Clc1cnc(N2CC3CCC(C2)N3)nc1. The molecule has 1 aromatic heterocycles. The van der Waals surface area contributed by atoms with Crippen molar-refractivity contribution in [3.8, 4) is 0 Å². The summed E-state index contributed by atoms with van der Waals surface area (Å²) in [7, 11) is 0. The maximum atomic E-state index is 5.76. The summed E-state index contributed by atoms with van der Waals surface area (Å²) in [5, 5.41) is 4.17. The van der Waals surface area contributed by atoms with Gasteiger partial charge in [0.25, 0.3) is 0 Å². The molecule has 4 nitrogen and oxygen atoms in total. The third-order valence-corrected chi connectivity index (χ3v) is 3.30. The van der Waals surface area contributed by atoms with Crippen molar-refractivity contribution in [1.82, 2.24) is 15.3 Å². The molecule has 0 radical (unpaired) electrons. The molecule has 2 atom stereocenters. The fraction of sp³-hybridized carbons (Fsp3) is 0.600. The van der Waals surface area contributed by atoms with E-state index in [-0.39, 0.29) is 24.8 Å². The molecule has 0 saturated carbocycles. The maximum absolute atomic E-state index is 5.76. The van der Waals surface area contributed by atoms with E-state index in [2.05, 4.69) is 20.2 Å². The highest BCUT2D eigenvalue weighted by Gasteiger charge is 2.32. The lowest BCUT2D eigenvalue weighted by atomic mass is 10.2. The Morgan fingerprint density at radius 2 is 1.65 bits per heavy atom.